The number of amides is 5. The van der Waals surface area contributed by atoms with Gasteiger partial charge in [-0.15, -0.1) is 22.7 Å². The normalized spacial score (nSPS) is 20.3. The Morgan fingerprint density at radius 2 is 1.10 bits per heavy atom. The molecule has 5 amide bonds. The van der Waals surface area contributed by atoms with E-state index in [0.717, 1.165) is 28.8 Å². The molecule has 8 heterocycles. The SMILES string of the molecule is COC(=O)C1=C(CN2CCN3C(=O)N(c4ccc(CC(N)=O)cc4)C[C@@H]3C2)NC(c2nccs2)=N[C@H]1c1ccc(F)cc1Cl.COC(=O)C1=C(CN2CCN3C(=O)N(c4ccc(CCNS(C)(=O)=O)cc4)C[C@@H]3C2)NC(c2nccs2)=N[C@H]1c1ccc(F)cc1Cl. The van der Waals surface area contributed by atoms with Gasteiger partial charge in [0.2, 0.25) is 15.9 Å². The lowest BCUT2D eigenvalue weighted by atomic mass is 9.95. The maximum Gasteiger partial charge on any atom is 0.338 e. The molecule has 30 heteroatoms. The monoisotopic (exact) mass is 1340 g/mol. The predicted molar refractivity (Wildman–Crippen MR) is 342 cm³/mol. The van der Waals surface area contributed by atoms with E-state index < -0.39 is 51.6 Å². The molecular weight excluding hydrogens is 1280 g/mol. The number of urea groups is 2. The number of carbonyl (C=O) groups is 5. The van der Waals surface area contributed by atoms with Gasteiger partial charge in [-0.05, 0) is 66.1 Å². The molecule has 4 aromatic carbocycles. The molecule has 4 saturated heterocycles. The van der Waals surface area contributed by atoms with Gasteiger partial charge in [0.1, 0.15) is 23.7 Å². The summed E-state index contributed by atoms with van der Waals surface area (Å²) in [5.74, 6) is -1.66. The highest BCUT2D eigenvalue weighted by molar-refractivity contribution is 7.88. The Kier molecular flexibility index (Phi) is 19.6. The number of piperazine rings is 2. The van der Waals surface area contributed by atoms with E-state index >= 15 is 0 Å². The Balaban J connectivity index is 0.000000187. The fourth-order valence-corrected chi connectivity index (χ4v) is 14.1. The van der Waals surface area contributed by atoms with E-state index in [4.69, 9.17) is 48.4 Å². The second kappa shape index (κ2) is 27.7. The van der Waals surface area contributed by atoms with E-state index in [0.29, 0.717) is 123 Å². The molecule has 6 aliphatic heterocycles. The molecule has 0 radical (unpaired) electrons. The van der Waals surface area contributed by atoms with Gasteiger partial charge in [-0.2, -0.15) is 0 Å². The summed E-state index contributed by atoms with van der Waals surface area (Å²) in [4.78, 5) is 94.5. The van der Waals surface area contributed by atoms with E-state index in [1.807, 2.05) is 57.0 Å². The van der Waals surface area contributed by atoms with Crippen LogP contribution in [0.25, 0.3) is 0 Å². The van der Waals surface area contributed by atoms with Gasteiger partial charge in [-0.3, -0.25) is 34.4 Å². The minimum atomic E-state index is -3.26. The molecule has 0 saturated carbocycles. The van der Waals surface area contributed by atoms with Crippen LogP contribution in [0.4, 0.5) is 29.7 Å². The average molecular weight is 1340 g/mol. The summed E-state index contributed by atoms with van der Waals surface area (Å²) in [7, 11) is -0.659. The van der Waals surface area contributed by atoms with Crippen molar-refractivity contribution in [3.05, 3.63) is 185 Å². The number of esters is 2. The molecule has 4 fully saturated rings. The summed E-state index contributed by atoms with van der Waals surface area (Å²) in [6, 6.07) is 20.8. The second-order valence-corrected chi connectivity index (χ2v) is 26.6. The number of sulfonamides is 1. The zero-order chi connectivity index (χ0) is 64.3. The maximum atomic E-state index is 14.0. The number of methoxy groups -OCH3 is 2. The van der Waals surface area contributed by atoms with Crippen molar-refractivity contribution in [2.24, 2.45) is 15.7 Å². The van der Waals surface area contributed by atoms with Crippen molar-refractivity contribution < 1.29 is 50.6 Å². The largest absolute Gasteiger partial charge is 0.466 e. The lowest BCUT2D eigenvalue weighted by Gasteiger charge is -2.38. The van der Waals surface area contributed by atoms with E-state index in [-0.39, 0.29) is 51.8 Å². The minimum Gasteiger partial charge on any atom is -0.466 e. The molecule has 0 aliphatic carbocycles. The number of primary amides is 1. The number of hydrogen-bond acceptors (Lipinski definition) is 19. The fraction of sp³-hybridized carbons (Fsp3) is 0.328. The lowest BCUT2D eigenvalue weighted by Crippen LogP contribution is -2.53. The van der Waals surface area contributed by atoms with Crippen molar-refractivity contribution in [1.29, 1.82) is 0 Å². The molecule has 0 spiro atoms. The third-order valence-electron chi connectivity index (χ3n) is 16.1. The molecular formula is C61H62Cl2F2N14O9S3. The van der Waals surface area contributed by atoms with Gasteiger partial charge < -0.3 is 35.6 Å². The van der Waals surface area contributed by atoms with Gasteiger partial charge >= 0.3 is 24.0 Å². The number of nitrogens with one attached hydrogen (secondary N) is 3. The first-order valence-electron chi connectivity index (χ1n) is 28.8. The first-order chi connectivity index (χ1) is 43.7. The van der Waals surface area contributed by atoms with Crippen LogP contribution in [0.1, 0.15) is 44.4 Å². The highest BCUT2D eigenvalue weighted by Crippen LogP contribution is 2.40. The Morgan fingerprint density at radius 3 is 1.48 bits per heavy atom. The van der Waals surface area contributed by atoms with Crippen molar-refractivity contribution in [2.45, 2.75) is 37.0 Å². The van der Waals surface area contributed by atoms with Crippen molar-refractivity contribution in [1.82, 2.24) is 44.9 Å². The quantitative estimate of drug-likeness (QED) is 0.0690. The van der Waals surface area contributed by atoms with Crippen molar-refractivity contribution >= 4 is 109 Å². The number of thiazole rings is 2. The number of nitrogens with two attached hydrogens (primary N) is 1. The molecule has 2 aromatic heterocycles. The molecule has 12 rings (SSSR count). The first-order valence-corrected chi connectivity index (χ1v) is 33.2. The summed E-state index contributed by atoms with van der Waals surface area (Å²) in [6.07, 6.45) is 5.12. The number of amidine groups is 2. The molecule has 476 valence electrons. The minimum absolute atomic E-state index is 0.0735. The van der Waals surface area contributed by atoms with Gasteiger partial charge in [0, 0.05) is 139 Å². The zero-order valence-corrected chi connectivity index (χ0v) is 53.3. The van der Waals surface area contributed by atoms with E-state index in [1.165, 1.54) is 73.3 Å². The first kappa shape index (κ1) is 64.3. The summed E-state index contributed by atoms with van der Waals surface area (Å²) < 4.78 is 63.5. The molecule has 6 aromatic rings. The van der Waals surface area contributed by atoms with Crippen molar-refractivity contribution in [3.8, 4) is 0 Å². The molecule has 0 bridgehead atoms. The third-order valence-corrected chi connectivity index (χ3v) is 19.1. The van der Waals surface area contributed by atoms with Gasteiger partial charge in [-0.25, -0.2) is 51.1 Å². The Hall–Kier alpha value is -8.22. The second-order valence-electron chi connectivity index (χ2n) is 22.1. The van der Waals surface area contributed by atoms with Gasteiger partial charge in [0.05, 0.1) is 50.1 Å². The fourth-order valence-electron chi connectivity index (χ4n) is 11.9. The maximum absolute atomic E-state index is 14.0. The summed E-state index contributed by atoms with van der Waals surface area (Å²) in [5, 5.41) is 11.8. The number of aromatic nitrogens is 2. The topological polar surface area (TPSA) is 270 Å². The average Bonchev–Trinajstić information content (AvgIpc) is 1.68. The van der Waals surface area contributed by atoms with Gasteiger partial charge in [0.15, 0.2) is 21.7 Å². The Labute approximate surface area is 540 Å². The number of fused-ring (bicyclic) bond motifs is 2. The van der Waals surface area contributed by atoms with E-state index in [9.17, 15) is 41.2 Å². The molecule has 5 N–H and O–H groups in total. The van der Waals surface area contributed by atoms with Crippen LogP contribution in [0, 0.1) is 11.6 Å². The van der Waals surface area contributed by atoms with Crippen LogP contribution in [-0.4, -0.2) is 184 Å². The highest BCUT2D eigenvalue weighted by Gasteiger charge is 2.45. The number of rotatable bonds is 18. The van der Waals surface area contributed by atoms with E-state index in [1.54, 1.807) is 34.3 Å². The van der Waals surface area contributed by atoms with E-state index in [2.05, 4.69) is 35.1 Å². The van der Waals surface area contributed by atoms with Crippen LogP contribution in [0.2, 0.25) is 10.0 Å². The number of aliphatic imine (C=N–C) groups is 2. The standard InChI is InChI=1S/C31H33ClFN7O5S2.C30H29ClFN7O4S/c1-45-30(41)26-25(36-28(29-34-11-14-46-29)37-27(26)23-8-5-20(33)15-24(23)32)18-38-12-13-39-22(16-38)17-40(31(39)42)21-6-3-19(4-7-21)9-10-35-47(2,43)44;1-43-29(41)25-23(35-27(28-34-8-11-44-28)36-26(25)21-7-4-18(32)13-22(21)31)16-37-9-10-38-20(14-37)15-39(30(38)42)19-5-2-17(3-6-19)12-24(33)40/h3-8,11,14-15,22,27,35H,9-10,12-13,16-18H2,1-2H3,(H,36,37);2-8,11,13,20,26H,9-10,12,14-16H2,1H3,(H2,33,40)(H,35,36)/t22-,27-;20-,26-/m00/s1. The van der Waals surface area contributed by atoms with Crippen LogP contribution in [0.15, 0.2) is 141 Å². The number of ether oxygens (including phenoxy) is 2. The van der Waals surface area contributed by atoms with Crippen LogP contribution in [0.3, 0.4) is 0 Å². The van der Waals surface area contributed by atoms with Gasteiger partial charge in [-0.1, -0.05) is 59.6 Å². The number of nitrogens with zero attached hydrogens (tertiary/aromatic N) is 10. The molecule has 23 nitrogen and oxygen atoms in total. The number of carbonyl (C=O) groups excluding carboxylic acids is 5. The Bertz CT molecular complexity index is 4010. The molecule has 6 aliphatic rings. The highest BCUT2D eigenvalue weighted by atomic mass is 35.5. The lowest BCUT2D eigenvalue weighted by molar-refractivity contribution is -0.137. The number of benzene rings is 4. The number of anilines is 2. The third kappa shape index (κ3) is 14.6. The van der Waals surface area contributed by atoms with Crippen LogP contribution < -0.4 is 30.9 Å². The zero-order valence-electron chi connectivity index (χ0n) is 49.4. The van der Waals surface area contributed by atoms with Crippen molar-refractivity contribution in [2.75, 3.05) is 102 Å². The van der Waals surface area contributed by atoms with Gasteiger partial charge in [0.25, 0.3) is 0 Å². The summed E-state index contributed by atoms with van der Waals surface area (Å²) in [6.45, 7) is 5.19. The van der Waals surface area contributed by atoms with Crippen LogP contribution in [0.5, 0.6) is 0 Å². The van der Waals surface area contributed by atoms with Crippen LogP contribution >= 0.6 is 45.9 Å². The molecule has 91 heavy (non-hydrogen) atoms. The smallest absolute Gasteiger partial charge is 0.338 e. The van der Waals surface area contributed by atoms with Crippen molar-refractivity contribution in [3.63, 3.8) is 0 Å². The van der Waals surface area contributed by atoms with Crippen LogP contribution in [-0.2, 0) is 46.7 Å². The number of hydrogen-bond donors (Lipinski definition) is 4. The number of halogens is 4. The Morgan fingerprint density at radius 1 is 0.659 bits per heavy atom. The molecule has 4 atom stereocenters. The predicted octanol–water partition coefficient (Wildman–Crippen LogP) is 6.28. The summed E-state index contributed by atoms with van der Waals surface area (Å²) in [5.41, 5.74) is 11.2. The molecule has 0 unspecified atom stereocenters. The summed E-state index contributed by atoms with van der Waals surface area (Å²) >= 11 is 15.7.